The summed E-state index contributed by atoms with van der Waals surface area (Å²) in [6.45, 7) is 2.05. The third-order valence-corrected chi connectivity index (χ3v) is 7.96. The maximum atomic E-state index is 5.40. The summed E-state index contributed by atoms with van der Waals surface area (Å²) in [4.78, 5) is 5.20. The third-order valence-electron chi connectivity index (χ3n) is 5.57. The van der Waals surface area contributed by atoms with Gasteiger partial charge in [-0.2, -0.15) is 0 Å². The Morgan fingerprint density at radius 1 is 0.556 bits per heavy atom. The van der Waals surface area contributed by atoms with Crippen LogP contribution in [0, 0.1) is 0 Å². The Morgan fingerprint density at radius 3 is 1.36 bits per heavy atom. The molecule has 0 atom stereocenters. The molecule has 0 aliphatic rings. The zero-order chi connectivity index (χ0) is 25.0. The van der Waals surface area contributed by atoms with Crippen LogP contribution >= 0.6 is 22.7 Å². The Hall–Kier alpha value is -2.58. The van der Waals surface area contributed by atoms with E-state index in [4.69, 9.17) is 18.9 Å². The second-order valence-electron chi connectivity index (χ2n) is 8.24. The van der Waals surface area contributed by atoms with Crippen molar-refractivity contribution >= 4 is 34.8 Å². The molecule has 0 saturated carbocycles. The molecule has 0 aliphatic heterocycles. The zero-order valence-electron chi connectivity index (χ0n) is 20.8. The fourth-order valence-electron chi connectivity index (χ4n) is 3.67. The van der Waals surface area contributed by atoms with E-state index in [0.29, 0.717) is 26.8 Å². The fourth-order valence-corrected chi connectivity index (χ4v) is 5.66. The molecule has 0 radical (unpaired) electrons. The molecule has 2 aromatic carbocycles. The number of thiophene rings is 2. The predicted octanol–water partition coefficient (Wildman–Crippen LogP) is 7.64. The smallest absolute Gasteiger partial charge is 0.146 e. The largest absolute Gasteiger partial charge is 0.359 e. The van der Waals surface area contributed by atoms with Crippen molar-refractivity contribution in [2.24, 2.45) is 0 Å². The topological polar surface area (TPSA) is 36.9 Å². The van der Waals surface area contributed by atoms with Gasteiger partial charge in [0, 0.05) is 46.6 Å². The van der Waals surface area contributed by atoms with Crippen LogP contribution in [0.1, 0.15) is 20.9 Å². The van der Waals surface area contributed by atoms with Crippen molar-refractivity contribution in [2.75, 3.05) is 41.0 Å². The Labute approximate surface area is 221 Å². The van der Waals surface area contributed by atoms with Gasteiger partial charge in [-0.05, 0) is 46.5 Å². The Bertz CT molecular complexity index is 1110. The van der Waals surface area contributed by atoms with E-state index in [2.05, 4.69) is 84.9 Å². The number of rotatable bonds is 14. The number of methoxy groups -OCH3 is 2. The summed E-state index contributed by atoms with van der Waals surface area (Å²) in [6, 6.07) is 26.2. The second kappa shape index (κ2) is 14.2. The quantitative estimate of drug-likeness (QED) is 0.0972. The zero-order valence-corrected chi connectivity index (χ0v) is 22.4. The molecule has 0 bridgehead atoms. The van der Waals surface area contributed by atoms with Gasteiger partial charge in [0.1, 0.15) is 13.6 Å². The van der Waals surface area contributed by atoms with Gasteiger partial charge in [-0.1, -0.05) is 60.7 Å². The lowest BCUT2D eigenvalue weighted by Gasteiger charge is -2.02. The number of hydrogen-bond acceptors (Lipinski definition) is 6. The number of benzene rings is 2. The van der Waals surface area contributed by atoms with Crippen molar-refractivity contribution in [3.63, 3.8) is 0 Å². The molecule has 0 unspecified atom stereocenters. The first-order valence-corrected chi connectivity index (χ1v) is 13.6. The van der Waals surface area contributed by atoms with Crippen LogP contribution in [-0.2, 0) is 31.8 Å². The van der Waals surface area contributed by atoms with Gasteiger partial charge in [0.15, 0.2) is 0 Å². The van der Waals surface area contributed by atoms with E-state index < -0.39 is 0 Å². The van der Waals surface area contributed by atoms with E-state index in [1.165, 1.54) is 41.8 Å². The van der Waals surface area contributed by atoms with E-state index >= 15 is 0 Å². The minimum Gasteiger partial charge on any atom is -0.359 e. The first kappa shape index (κ1) is 26.5. The maximum Gasteiger partial charge on any atom is 0.146 e. The van der Waals surface area contributed by atoms with Crippen molar-refractivity contribution in [3.05, 3.63) is 93.7 Å². The summed E-state index contributed by atoms with van der Waals surface area (Å²) in [5.41, 5.74) is 4.86. The summed E-state index contributed by atoms with van der Waals surface area (Å²) in [6.07, 6.45) is 6.14. The molecule has 0 aliphatic carbocycles. The van der Waals surface area contributed by atoms with Gasteiger partial charge in [-0.25, -0.2) is 0 Å². The van der Waals surface area contributed by atoms with Gasteiger partial charge >= 0.3 is 0 Å². The molecule has 2 aromatic heterocycles. The van der Waals surface area contributed by atoms with Crippen LogP contribution in [0.4, 0.5) is 0 Å². The summed E-state index contributed by atoms with van der Waals surface area (Å²) < 4.78 is 20.6. The van der Waals surface area contributed by atoms with Crippen LogP contribution in [0.3, 0.4) is 0 Å². The Balaban J connectivity index is 1.30. The van der Waals surface area contributed by atoms with E-state index in [9.17, 15) is 0 Å². The van der Waals surface area contributed by atoms with E-state index in [0.717, 1.165) is 12.8 Å². The molecular weight excluding hydrogens is 488 g/mol. The molecule has 0 saturated heterocycles. The second-order valence-corrected chi connectivity index (χ2v) is 10.6. The number of ether oxygens (including phenoxy) is 4. The first-order valence-electron chi connectivity index (χ1n) is 11.9. The lowest BCUT2D eigenvalue weighted by atomic mass is 10.1. The minimum absolute atomic E-state index is 0.346. The average Bonchev–Trinajstić information content (AvgIpc) is 3.59. The first-order chi connectivity index (χ1) is 17.7. The molecule has 0 N–H and O–H groups in total. The molecule has 36 heavy (non-hydrogen) atoms. The van der Waals surface area contributed by atoms with Crippen molar-refractivity contribution in [1.29, 1.82) is 0 Å². The Kier molecular flexibility index (Phi) is 10.5. The minimum atomic E-state index is 0.346. The van der Waals surface area contributed by atoms with E-state index in [1.54, 1.807) is 14.2 Å². The van der Waals surface area contributed by atoms with Crippen LogP contribution < -0.4 is 0 Å². The van der Waals surface area contributed by atoms with Gasteiger partial charge in [0.25, 0.3) is 0 Å². The third kappa shape index (κ3) is 7.96. The van der Waals surface area contributed by atoms with Crippen molar-refractivity contribution in [3.8, 4) is 20.9 Å². The SMILES string of the molecule is COCOCCc1ccc(-c2ccc(/C=C/c3ccc(-c4ccc(CCOCOC)s4)cc3)cc2)s1. The summed E-state index contributed by atoms with van der Waals surface area (Å²) in [5, 5.41) is 0. The molecular formula is C30H32O4S2. The summed E-state index contributed by atoms with van der Waals surface area (Å²) >= 11 is 3.63. The highest BCUT2D eigenvalue weighted by atomic mass is 32.1. The molecule has 6 heteroatoms. The van der Waals surface area contributed by atoms with E-state index in [1.807, 2.05) is 22.7 Å². The average molecular weight is 521 g/mol. The monoisotopic (exact) mass is 520 g/mol. The fraction of sp³-hybridized carbons (Fsp3) is 0.267. The lowest BCUT2D eigenvalue weighted by Crippen LogP contribution is -2.00. The van der Waals surface area contributed by atoms with Gasteiger partial charge < -0.3 is 18.9 Å². The number of hydrogen-bond donors (Lipinski definition) is 0. The molecule has 0 fully saturated rings. The van der Waals surface area contributed by atoms with E-state index in [-0.39, 0.29) is 0 Å². The maximum absolute atomic E-state index is 5.40. The molecule has 4 rings (SSSR count). The lowest BCUT2D eigenvalue weighted by molar-refractivity contribution is -0.0291. The standard InChI is InChI=1S/C30H32O4S2/c1-31-21-33-19-17-27-13-15-29(35-27)25-9-5-23(6-10-25)3-4-24-7-11-26(12-8-24)30-16-14-28(36-30)18-20-34-22-32-2/h3-16H,17-22H2,1-2H3/b4-3+. The predicted molar refractivity (Wildman–Crippen MR) is 152 cm³/mol. The van der Waals surface area contributed by atoms with Crippen LogP contribution in [-0.4, -0.2) is 41.0 Å². The molecule has 0 amide bonds. The molecule has 0 spiro atoms. The van der Waals surface area contributed by atoms with Crippen LogP contribution in [0.5, 0.6) is 0 Å². The van der Waals surface area contributed by atoms with Crippen molar-refractivity contribution in [2.45, 2.75) is 12.8 Å². The Morgan fingerprint density at radius 2 is 0.972 bits per heavy atom. The van der Waals surface area contributed by atoms with Crippen molar-refractivity contribution in [1.82, 2.24) is 0 Å². The highest BCUT2D eigenvalue weighted by molar-refractivity contribution is 7.15. The molecule has 188 valence electrons. The normalized spacial score (nSPS) is 11.5. The summed E-state index contributed by atoms with van der Waals surface area (Å²) in [5.74, 6) is 0. The highest BCUT2D eigenvalue weighted by Crippen LogP contribution is 2.30. The van der Waals surface area contributed by atoms with Gasteiger partial charge in [-0.3, -0.25) is 0 Å². The van der Waals surface area contributed by atoms with Crippen LogP contribution in [0.25, 0.3) is 33.0 Å². The van der Waals surface area contributed by atoms with Gasteiger partial charge in [-0.15, -0.1) is 22.7 Å². The molecule has 4 nitrogen and oxygen atoms in total. The van der Waals surface area contributed by atoms with Crippen LogP contribution in [0.15, 0.2) is 72.8 Å². The summed E-state index contributed by atoms with van der Waals surface area (Å²) in [7, 11) is 3.28. The van der Waals surface area contributed by atoms with Crippen molar-refractivity contribution < 1.29 is 18.9 Å². The van der Waals surface area contributed by atoms with Crippen LogP contribution in [0.2, 0.25) is 0 Å². The molecule has 4 aromatic rings. The van der Waals surface area contributed by atoms with Gasteiger partial charge in [0.2, 0.25) is 0 Å². The molecule has 2 heterocycles. The highest BCUT2D eigenvalue weighted by Gasteiger charge is 2.05. The van der Waals surface area contributed by atoms with Gasteiger partial charge in [0.05, 0.1) is 13.2 Å².